The van der Waals surface area contributed by atoms with Gasteiger partial charge in [0.25, 0.3) is 5.69 Å². The minimum atomic E-state index is -0.501. The maximum atomic E-state index is 10.6. The number of rotatable bonds is 5. The van der Waals surface area contributed by atoms with Crippen LogP contribution in [-0.4, -0.2) is 18.1 Å². The number of azide groups is 1. The van der Waals surface area contributed by atoms with Crippen molar-refractivity contribution < 1.29 is 9.66 Å². The van der Waals surface area contributed by atoms with E-state index in [0.717, 1.165) is 0 Å². The molecule has 0 aliphatic rings. The van der Waals surface area contributed by atoms with Crippen molar-refractivity contribution in [1.82, 2.24) is 0 Å². The molecule has 0 heterocycles. The third-order valence-corrected chi connectivity index (χ3v) is 2.87. The van der Waals surface area contributed by atoms with Gasteiger partial charge < -0.3 is 4.74 Å². The number of hydrogen-bond donors (Lipinski definition) is 0. The van der Waals surface area contributed by atoms with E-state index in [1.807, 2.05) is 0 Å². The topological polar surface area (TPSA) is 101 Å². The molecule has 17 heavy (non-hydrogen) atoms. The van der Waals surface area contributed by atoms with Crippen LogP contribution in [0.15, 0.2) is 26.2 Å². The zero-order chi connectivity index (χ0) is 12.8. The molecular weight excluding hydrogens is 360 g/mol. The lowest BCUT2D eigenvalue weighted by atomic mass is 10.3. The second kappa shape index (κ2) is 6.43. The Morgan fingerprint density at radius 1 is 1.47 bits per heavy atom. The Kier molecular flexibility index (Phi) is 5.20. The van der Waals surface area contributed by atoms with Crippen LogP contribution in [0.4, 0.5) is 5.69 Å². The molecule has 1 aromatic carbocycles. The number of ether oxygens (including phenoxy) is 1. The van der Waals surface area contributed by atoms with E-state index in [2.05, 4.69) is 41.9 Å². The average molecular weight is 366 g/mol. The van der Waals surface area contributed by atoms with E-state index in [1.54, 1.807) is 0 Å². The highest BCUT2D eigenvalue weighted by Crippen LogP contribution is 2.37. The van der Waals surface area contributed by atoms with Gasteiger partial charge in [0.15, 0.2) is 0 Å². The summed E-state index contributed by atoms with van der Waals surface area (Å²) in [5, 5.41) is 13.9. The number of hydrogen-bond acceptors (Lipinski definition) is 4. The molecule has 0 saturated heterocycles. The third-order valence-electron chi connectivity index (χ3n) is 1.69. The van der Waals surface area contributed by atoms with Gasteiger partial charge >= 0.3 is 0 Å². The molecule has 7 nitrogen and oxygen atoms in total. The molecule has 0 N–H and O–H groups in total. The monoisotopic (exact) mass is 364 g/mol. The van der Waals surface area contributed by atoms with Gasteiger partial charge in [-0.15, -0.1) is 0 Å². The molecule has 1 aromatic rings. The summed E-state index contributed by atoms with van der Waals surface area (Å²) in [4.78, 5) is 12.7. The van der Waals surface area contributed by atoms with Gasteiger partial charge in [0.2, 0.25) is 0 Å². The predicted octanol–water partition coefficient (Wildman–Crippen LogP) is 3.81. The van der Waals surface area contributed by atoms with Crippen LogP contribution >= 0.6 is 31.9 Å². The van der Waals surface area contributed by atoms with Crippen molar-refractivity contribution >= 4 is 37.5 Å². The lowest BCUT2D eigenvalue weighted by Gasteiger charge is -2.08. The molecule has 0 radical (unpaired) electrons. The number of benzene rings is 1. The van der Waals surface area contributed by atoms with Crippen molar-refractivity contribution in [3.63, 3.8) is 0 Å². The first-order valence-electron chi connectivity index (χ1n) is 4.33. The van der Waals surface area contributed by atoms with Crippen molar-refractivity contribution in [3.05, 3.63) is 41.6 Å². The van der Waals surface area contributed by atoms with Crippen molar-refractivity contribution in [3.8, 4) is 5.75 Å². The Hall–Kier alpha value is -1.31. The SMILES string of the molecule is [N-]=[N+]=NCCOc1c(Br)cc([N+](=O)[O-])cc1Br. The highest BCUT2D eigenvalue weighted by Gasteiger charge is 2.14. The van der Waals surface area contributed by atoms with Crippen molar-refractivity contribution in [1.29, 1.82) is 0 Å². The minimum absolute atomic E-state index is 0.0499. The highest BCUT2D eigenvalue weighted by atomic mass is 79.9. The molecule has 9 heteroatoms. The van der Waals surface area contributed by atoms with Crippen LogP contribution < -0.4 is 4.74 Å². The van der Waals surface area contributed by atoms with E-state index >= 15 is 0 Å². The number of nitro benzene ring substituents is 1. The summed E-state index contributed by atoms with van der Waals surface area (Å²) < 4.78 is 6.24. The van der Waals surface area contributed by atoms with Crippen LogP contribution in [0.3, 0.4) is 0 Å². The van der Waals surface area contributed by atoms with Gasteiger partial charge in [0, 0.05) is 17.0 Å². The first kappa shape index (κ1) is 13.8. The van der Waals surface area contributed by atoms with Gasteiger partial charge in [-0.1, -0.05) is 5.11 Å². The van der Waals surface area contributed by atoms with Crippen molar-refractivity contribution in [2.75, 3.05) is 13.2 Å². The fourth-order valence-corrected chi connectivity index (χ4v) is 2.41. The summed E-state index contributed by atoms with van der Waals surface area (Å²) in [6, 6.07) is 2.68. The molecule has 0 amide bonds. The Balaban J connectivity index is 2.86. The smallest absolute Gasteiger partial charge is 0.271 e. The molecule has 0 aromatic heterocycles. The van der Waals surface area contributed by atoms with E-state index in [9.17, 15) is 10.1 Å². The molecule has 0 saturated carbocycles. The summed E-state index contributed by atoms with van der Waals surface area (Å²) in [5.74, 6) is 0.434. The van der Waals surface area contributed by atoms with Gasteiger partial charge in [-0.2, -0.15) is 0 Å². The van der Waals surface area contributed by atoms with E-state index in [1.165, 1.54) is 12.1 Å². The first-order valence-corrected chi connectivity index (χ1v) is 5.92. The summed E-state index contributed by atoms with van der Waals surface area (Å²) in [6.45, 7) is 0.380. The summed E-state index contributed by atoms with van der Waals surface area (Å²) in [5.41, 5.74) is 8.03. The van der Waals surface area contributed by atoms with Crippen LogP contribution in [0.2, 0.25) is 0 Å². The first-order chi connectivity index (χ1) is 8.06. The van der Waals surface area contributed by atoms with E-state index < -0.39 is 4.92 Å². The number of nitro groups is 1. The normalized spacial score (nSPS) is 9.53. The Labute approximate surface area is 113 Å². The molecule has 1 rings (SSSR count). The average Bonchev–Trinajstić information content (AvgIpc) is 2.26. The summed E-state index contributed by atoms with van der Waals surface area (Å²) in [7, 11) is 0. The Bertz CT molecular complexity index is 465. The summed E-state index contributed by atoms with van der Waals surface area (Å²) >= 11 is 6.35. The zero-order valence-electron chi connectivity index (χ0n) is 8.34. The molecule has 90 valence electrons. The van der Waals surface area contributed by atoms with Gasteiger partial charge in [-0.05, 0) is 37.4 Å². The quantitative estimate of drug-likeness (QED) is 0.198. The maximum Gasteiger partial charge on any atom is 0.271 e. The maximum absolute atomic E-state index is 10.6. The molecule has 0 spiro atoms. The molecule has 0 bridgehead atoms. The summed E-state index contributed by atoms with van der Waals surface area (Å²) in [6.07, 6.45) is 0. The van der Waals surface area contributed by atoms with Crippen molar-refractivity contribution in [2.24, 2.45) is 5.11 Å². The van der Waals surface area contributed by atoms with E-state index in [4.69, 9.17) is 10.3 Å². The zero-order valence-corrected chi connectivity index (χ0v) is 11.5. The standard InChI is InChI=1S/C8H6Br2N4O3/c9-6-3-5(14(15)16)4-7(10)8(6)17-2-1-12-13-11/h3-4H,1-2H2. The molecule has 0 atom stereocenters. The number of nitrogens with zero attached hydrogens (tertiary/aromatic N) is 4. The highest BCUT2D eigenvalue weighted by molar-refractivity contribution is 9.11. The lowest BCUT2D eigenvalue weighted by Crippen LogP contribution is -2.02. The largest absolute Gasteiger partial charge is 0.491 e. The van der Waals surface area contributed by atoms with Crippen LogP contribution in [0.1, 0.15) is 0 Å². The van der Waals surface area contributed by atoms with Crippen molar-refractivity contribution in [2.45, 2.75) is 0 Å². The molecule has 0 aliphatic heterocycles. The molecule has 0 fully saturated rings. The second-order valence-electron chi connectivity index (χ2n) is 2.80. The molecular formula is C8H6Br2N4O3. The molecule has 0 unspecified atom stereocenters. The fourth-order valence-electron chi connectivity index (χ4n) is 1.02. The van der Waals surface area contributed by atoms with Crippen LogP contribution in [0, 0.1) is 10.1 Å². The fraction of sp³-hybridized carbons (Fsp3) is 0.250. The number of halogens is 2. The van der Waals surface area contributed by atoms with Crippen LogP contribution in [0.25, 0.3) is 10.4 Å². The van der Waals surface area contributed by atoms with Gasteiger partial charge in [-0.25, -0.2) is 0 Å². The lowest BCUT2D eigenvalue weighted by molar-refractivity contribution is -0.385. The third kappa shape index (κ3) is 3.88. The number of non-ortho nitro benzene ring substituents is 1. The molecule has 0 aliphatic carbocycles. The van der Waals surface area contributed by atoms with Crippen LogP contribution in [0.5, 0.6) is 5.75 Å². The Morgan fingerprint density at radius 3 is 2.53 bits per heavy atom. The van der Waals surface area contributed by atoms with Gasteiger partial charge in [-0.3, -0.25) is 10.1 Å². The van der Waals surface area contributed by atoms with Crippen LogP contribution in [-0.2, 0) is 0 Å². The minimum Gasteiger partial charge on any atom is -0.491 e. The van der Waals surface area contributed by atoms with E-state index in [-0.39, 0.29) is 18.8 Å². The van der Waals surface area contributed by atoms with Gasteiger partial charge in [0.1, 0.15) is 5.75 Å². The predicted molar refractivity (Wildman–Crippen MR) is 68.0 cm³/mol. The van der Waals surface area contributed by atoms with Gasteiger partial charge in [0.05, 0.1) is 27.0 Å². The Morgan fingerprint density at radius 2 is 2.06 bits per heavy atom. The second-order valence-corrected chi connectivity index (χ2v) is 4.51. The van der Waals surface area contributed by atoms with E-state index in [0.29, 0.717) is 14.7 Å².